The fourth-order valence-electron chi connectivity index (χ4n) is 1.94. The summed E-state index contributed by atoms with van der Waals surface area (Å²) in [5, 5.41) is 16.3. The molecule has 0 aliphatic heterocycles. The third kappa shape index (κ3) is 5.47. The summed E-state index contributed by atoms with van der Waals surface area (Å²) in [6, 6.07) is 10.4. The van der Waals surface area contributed by atoms with Crippen LogP contribution in [-0.4, -0.2) is 23.3 Å². The zero-order chi connectivity index (χ0) is 18.4. The van der Waals surface area contributed by atoms with E-state index in [0.29, 0.717) is 11.4 Å². The predicted octanol–water partition coefficient (Wildman–Crippen LogP) is 3.22. The zero-order valence-corrected chi connectivity index (χ0v) is 13.9. The van der Waals surface area contributed by atoms with E-state index in [4.69, 9.17) is 16.3 Å². The highest BCUT2D eigenvalue weighted by Crippen LogP contribution is 2.29. The van der Waals surface area contributed by atoms with Crippen molar-refractivity contribution in [3.8, 4) is 5.75 Å². The van der Waals surface area contributed by atoms with Gasteiger partial charge in [-0.1, -0.05) is 11.6 Å². The molecule has 2 aromatic rings. The molecule has 2 amide bonds. The third-order valence-electron chi connectivity index (χ3n) is 2.97. The van der Waals surface area contributed by atoms with Gasteiger partial charge in [-0.2, -0.15) is 0 Å². The minimum atomic E-state index is -0.639. The Morgan fingerprint density at radius 1 is 1.12 bits per heavy atom. The van der Waals surface area contributed by atoms with Gasteiger partial charge in [0.25, 0.3) is 5.91 Å². The smallest absolute Gasteiger partial charge is 0.312 e. The Morgan fingerprint density at radius 3 is 2.28 bits per heavy atom. The molecule has 8 nitrogen and oxygen atoms in total. The SMILES string of the molecule is CC(=O)Nc1ccc(NC(=O)COc2ccc(Cl)cc2[N+](=O)[O-])cc1. The zero-order valence-electron chi connectivity index (χ0n) is 13.1. The summed E-state index contributed by atoms with van der Waals surface area (Å²) in [6.07, 6.45) is 0. The van der Waals surface area contributed by atoms with Gasteiger partial charge in [0.15, 0.2) is 12.4 Å². The number of nitro benzene ring substituents is 1. The van der Waals surface area contributed by atoms with Crippen molar-refractivity contribution in [2.24, 2.45) is 0 Å². The molecule has 0 bridgehead atoms. The fraction of sp³-hybridized carbons (Fsp3) is 0.125. The van der Waals surface area contributed by atoms with Gasteiger partial charge in [-0.25, -0.2) is 0 Å². The maximum absolute atomic E-state index is 11.9. The van der Waals surface area contributed by atoms with E-state index in [-0.39, 0.29) is 22.4 Å². The van der Waals surface area contributed by atoms with Crippen LogP contribution in [0.15, 0.2) is 42.5 Å². The highest BCUT2D eigenvalue weighted by atomic mass is 35.5. The van der Waals surface area contributed by atoms with E-state index in [1.165, 1.54) is 19.1 Å². The minimum absolute atomic E-state index is 0.0504. The molecule has 2 aromatic carbocycles. The normalized spacial score (nSPS) is 10.0. The highest BCUT2D eigenvalue weighted by Gasteiger charge is 2.16. The van der Waals surface area contributed by atoms with E-state index < -0.39 is 17.4 Å². The molecule has 130 valence electrons. The van der Waals surface area contributed by atoms with Crippen molar-refractivity contribution in [2.45, 2.75) is 6.92 Å². The summed E-state index contributed by atoms with van der Waals surface area (Å²) >= 11 is 5.71. The first-order valence-electron chi connectivity index (χ1n) is 7.09. The summed E-state index contributed by atoms with van der Waals surface area (Å²) < 4.78 is 5.19. The first-order valence-corrected chi connectivity index (χ1v) is 7.47. The van der Waals surface area contributed by atoms with Crippen LogP contribution in [-0.2, 0) is 9.59 Å². The lowest BCUT2D eigenvalue weighted by molar-refractivity contribution is -0.385. The molecule has 0 saturated carbocycles. The number of nitrogens with zero attached hydrogens (tertiary/aromatic N) is 1. The van der Waals surface area contributed by atoms with Crippen molar-refractivity contribution >= 4 is 40.5 Å². The number of nitrogens with one attached hydrogen (secondary N) is 2. The van der Waals surface area contributed by atoms with Gasteiger partial charge >= 0.3 is 5.69 Å². The molecule has 0 unspecified atom stereocenters. The molecule has 25 heavy (non-hydrogen) atoms. The second-order valence-corrected chi connectivity index (χ2v) is 5.40. The highest BCUT2D eigenvalue weighted by molar-refractivity contribution is 6.30. The summed E-state index contributed by atoms with van der Waals surface area (Å²) in [7, 11) is 0. The van der Waals surface area contributed by atoms with Crippen LogP contribution in [0.3, 0.4) is 0 Å². The molecule has 0 atom stereocenters. The Hall–Kier alpha value is -3.13. The summed E-state index contributed by atoms with van der Waals surface area (Å²) in [5.41, 5.74) is 0.770. The molecule has 0 fully saturated rings. The Kier molecular flexibility index (Phi) is 5.91. The average molecular weight is 364 g/mol. The first-order chi connectivity index (χ1) is 11.8. The number of amides is 2. The van der Waals surface area contributed by atoms with Crippen molar-refractivity contribution in [1.82, 2.24) is 0 Å². The topological polar surface area (TPSA) is 111 Å². The second-order valence-electron chi connectivity index (χ2n) is 4.96. The number of halogens is 1. The van der Waals surface area contributed by atoms with Gasteiger partial charge < -0.3 is 15.4 Å². The average Bonchev–Trinajstić information content (AvgIpc) is 2.55. The van der Waals surface area contributed by atoms with Gasteiger partial charge in [0.1, 0.15) is 0 Å². The van der Waals surface area contributed by atoms with E-state index in [1.807, 2.05) is 0 Å². The van der Waals surface area contributed by atoms with E-state index >= 15 is 0 Å². The Bertz CT molecular complexity index is 808. The van der Waals surface area contributed by atoms with Crippen LogP contribution in [0.25, 0.3) is 0 Å². The van der Waals surface area contributed by atoms with Crippen LogP contribution >= 0.6 is 11.6 Å². The standard InChI is InChI=1S/C16H14ClN3O5/c1-10(21)18-12-3-5-13(6-4-12)19-16(22)9-25-15-7-2-11(17)8-14(15)20(23)24/h2-8H,9H2,1H3,(H,18,21)(H,19,22). The molecular weight excluding hydrogens is 350 g/mol. The van der Waals surface area contributed by atoms with Crippen LogP contribution in [0, 0.1) is 10.1 Å². The molecule has 0 heterocycles. The molecule has 0 aromatic heterocycles. The Morgan fingerprint density at radius 2 is 1.72 bits per heavy atom. The van der Waals surface area contributed by atoms with Crippen LogP contribution in [0.1, 0.15) is 6.92 Å². The van der Waals surface area contributed by atoms with Crippen molar-refractivity contribution in [2.75, 3.05) is 17.2 Å². The van der Waals surface area contributed by atoms with Gasteiger partial charge in [-0.05, 0) is 36.4 Å². The number of hydrogen-bond acceptors (Lipinski definition) is 5. The molecule has 0 aliphatic carbocycles. The van der Waals surface area contributed by atoms with Crippen molar-refractivity contribution < 1.29 is 19.2 Å². The molecule has 0 saturated heterocycles. The maximum Gasteiger partial charge on any atom is 0.312 e. The van der Waals surface area contributed by atoms with Gasteiger partial charge in [0.05, 0.1) is 4.92 Å². The Balaban J connectivity index is 1.95. The summed E-state index contributed by atoms with van der Waals surface area (Å²) in [4.78, 5) is 33.1. The molecule has 0 spiro atoms. The Labute approximate surface area is 147 Å². The van der Waals surface area contributed by atoms with E-state index in [1.54, 1.807) is 24.3 Å². The van der Waals surface area contributed by atoms with Crippen LogP contribution < -0.4 is 15.4 Å². The quantitative estimate of drug-likeness (QED) is 0.604. The van der Waals surface area contributed by atoms with E-state index in [9.17, 15) is 19.7 Å². The number of ether oxygens (including phenoxy) is 1. The monoisotopic (exact) mass is 363 g/mol. The maximum atomic E-state index is 11.9. The molecular formula is C16H14ClN3O5. The molecule has 9 heteroatoms. The lowest BCUT2D eigenvalue weighted by atomic mass is 10.2. The van der Waals surface area contributed by atoms with Crippen LogP contribution in [0.5, 0.6) is 5.75 Å². The van der Waals surface area contributed by atoms with Crippen LogP contribution in [0.4, 0.5) is 17.1 Å². The largest absolute Gasteiger partial charge is 0.477 e. The second kappa shape index (κ2) is 8.11. The number of anilines is 2. The first kappa shape index (κ1) is 18.2. The minimum Gasteiger partial charge on any atom is -0.477 e. The predicted molar refractivity (Wildman–Crippen MR) is 93.0 cm³/mol. The van der Waals surface area contributed by atoms with E-state index in [2.05, 4.69) is 10.6 Å². The van der Waals surface area contributed by atoms with Gasteiger partial charge in [0, 0.05) is 29.4 Å². The molecule has 2 rings (SSSR count). The van der Waals surface area contributed by atoms with Gasteiger partial charge in [-0.3, -0.25) is 19.7 Å². The number of carbonyl (C=O) groups excluding carboxylic acids is 2. The number of hydrogen-bond donors (Lipinski definition) is 2. The summed E-state index contributed by atoms with van der Waals surface area (Å²) in [5.74, 6) is -0.739. The van der Waals surface area contributed by atoms with Crippen LogP contribution in [0.2, 0.25) is 5.02 Å². The lowest BCUT2D eigenvalue weighted by Crippen LogP contribution is -2.20. The number of nitro groups is 1. The van der Waals surface area contributed by atoms with Crippen molar-refractivity contribution in [1.29, 1.82) is 0 Å². The van der Waals surface area contributed by atoms with Crippen molar-refractivity contribution in [3.05, 3.63) is 57.6 Å². The molecule has 0 radical (unpaired) electrons. The van der Waals surface area contributed by atoms with Gasteiger partial charge in [-0.15, -0.1) is 0 Å². The third-order valence-corrected chi connectivity index (χ3v) is 3.20. The van der Waals surface area contributed by atoms with Gasteiger partial charge in [0.2, 0.25) is 5.91 Å². The lowest BCUT2D eigenvalue weighted by Gasteiger charge is -2.09. The van der Waals surface area contributed by atoms with E-state index in [0.717, 1.165) is 6.07 Å². The summed E-state index contributed by atoms with van der Waals surface area (Å²) in [6.45, 7) is 0.985. The molecule has 0 aliphatic rings. The molecule has 2 N–H and O–H groups in total. The number of carbonyl (C=O) groups is 2. The number of rotatable bonds is 6. The number of benzene rings is 2. The fourth-order valence-corrected chi connectivity index (χ4v) is 2.10. The van der Waals surface area contributed by atoms with Crippen molar-refractivity contribution in [3.63, 3.8) is 0 Å².